The summed E-state index contributed by atoms with van der Waals surface area (Å²) in [5.41, 5.74) is 1.45. The van der Waals surface area contributed by atoms with Gasteiger partial charge in [-0.2, -0.15) is 0 Å². The van der Waals surface area contributed by atoms with E-state index in [2.05, 4.69) is 5.32 Å². The predicted molar refractivity (Wildman–Crippen MR) is 89.3 cm³/mol. The minimum atomic E-state index is -1.25. The number of anilines is 1. The van der Waals surface area contributed by atoms with Crippen molar-refractivity contribution in [1.29, 1.82) is 0 Å². The van der Waals surface area contributed by atoms with Crippen LogP contribution in [0.25, 0.3) is 0 Å². The highest BCUT2D eigenvalue weighted by molar-refractivity contribution is 6.11. The summed E-state index contributed by atoms with van der Waals surface area (Å²) < 4.78 is 0. The Morgan fingerprint density at radius 1 is 0.889 bits per heavy atom. The van der Waals surface area contributed by atoms with Crippen LogP contribution < -0.4 is 11.1 Å². The van der Waals surface area contributed by atoms with Crippen molar-refractivity contribution in [3.63, 3.8) is 0 Å². The molecule has 2 amide bonds. The molecule has 0 fully saturated rings. The summed E-state index contributed by atoms with van der Waals surface area (Å²) >= 11 is 0. The number of rotatable bonds is 6. The molecule has 0 bridgehead atoms. The summed E-state index contributed by atoms with van der Waals surface area (Å²) in [5, 5.41) is 35.0. The van der Waals surface area contributed by atoms with Gasteiger partial charge in [0.2, 0.25) is 0 Å². The zero-order valence-corrected chi connectivity index (χ0v) is 13.1. The molecule has 0 spiro atoms. The van der Waals surface area contributed by atoms with Gasteiger partial charge in [0.15, 0.2) is 0 Å². The third kappa shape index (κ3) is 3.98. The second-order valence-corrected chi connectivity index (χ2v) is 5.03. The van der Waals surface area contributed by atoms with Gasteiger partial charge in [0.05, 0.1) is 26.4 Å². The van der Waals surface area contributed by atoms with Crippen LogP contribution in [-0.4, -0.2) is 26.6 Å². The monoisotopic (exact) mass is 375 g/mol. The molecular formula is C14H9N5O8. The minimum absolute atomic E-state index is 0.229. The number of nitro benzene ring substituents is 3. The average Bonchev–Trinajstić information content (AvgIpc) is 2.61. The van der Waals surface area contributed by atoms with Crippen LogP contribution in [0.1, 0.15) is 20.7 Å². The number of hydrogen-bond acceptors (Lipinski definition) is 8. The quantitative estimate of drug-likeness (QED) is 0.561. The normalized spacial score (nSPS) is 10.1. The highest BCUT2D eigenvalue weighted by atomic mass is 16.6. The first kappa shape index (κ1) is 18.9. The van der Waals surface area contributed by atoms with Gasteiger partial charge in [0.25, 0.3) is 28.9 Å². The van der Waals surface area contributed by atoms with Crippen molar-refractivity contribution in [2.24, 2.45) is 5.73 Å². The topological polar surface area (TPSA) is 202 Å². The molecule has 27 heavy (non-hydrogen) atoms. The molecule has 0 aliphatic rings. The summed E-state index contributed by atoms with van der Waals surface area (Å²) in [5.74, 6) is -2.27. The third-order valence-corrected chi connectivity index (χ3v) is 3.33. The molecule has 0 atom stereocenters. The molecule has 13 heteroatoms. The van der Waals surface area contributed by atoms with Crippen molar-refractivity contribution in [2.75, 3.05) is 5.32 Å². The largest absolute Gasteiger partial charge is 0.366 e. The molecule has 2 rings (SSSR count). The molecule has 0 radical (unpaired) electrons. The lowest BCUT2D eigenvalue weighted by atomic mass is 10.1. The van der Waals surface area contributed by atoms with Gasteiger partial charge in [0.1, 0.15) is 5.69 Å². The van der Waals surface area contributed by atoms with Crippen LogP contribution in [0.15, 0.2) is 36.4 Å². The Bertz CT molecular complexity index is 968. The van der Waals surface area contributed by atoms with Crippen LogP contribution in [0.4, 0.5) is 22.7 Å². The van der Waals surface area contributed by atoms with Crippen molar-refractivity contribution in [3.8, 4) is 0 Å². The number of carbonyl (C=O) groups excluding carboxylic acids is 2. The zero-order valence-electron chi connectivity index (χ0n) is 13.1. The number of hydrogen-bond donors (Lipinski definition) is 2. The number of nitrogens with zero attached hydrogens (tertiary/aromatic N) is 3. The van der Waals surface area contributed by atoms with Crippen LogP contribution in [0, 0.1) is 30.3 Å². The van der Waals surface area contributed by atoms with E-state index in [1.807, 2.05) is 0 Å². The minimum Gasteiger partial charge on any atom is -0.366 e. The second kappa shape index (κ2) is 7.22. The fraction of sp³-hybridized carbons (Fsp3) is 0. The highest BCUT2D eigenvalue weighted by Crippen LogP contribution is 2.33. The number of non-ortho nitro benzene ring substituents is 2. The molecule has 138 valence electrons. The Morgan fingerprint density at radius 2 is 1.52 bits per heavy atom. The second-order valence-electron chi connectivity index (χ2n) is 5.03. The lowest BCUT2D eigenvalue weighted by Crippen LogP contribution is -2.20. The van der Waals surface area contributed by atoms with Gasteiger partial charge in [0, 0.05) is 23.8 Å². The Hall–Kier alpha value is -4.42. The molecule has 0 heterocycles. The first-order valence-corrected chi connectivity index (χ1v) is 6.94. The maximum absolute atomic E-state index is 12.3. The van der Waals surface area contributed by atoms with E-state index in [0.717, 1.165) is 12.1 Å². The molecule has 2 aromatic rings. The number of carbonyl (C=O) groups is 2. The zero-order chi connectivity index (χ0) is 20.3. The molecule has 13 nitrogen and oxygen atoms in total. The third-order valence-electron chi connectivity index (χ3n) is 3.33. The fourth-order valence-electron chi connectivity index (χ4n) is 2.13. The Morgan fingerprint density at radius 3 is 2.04 bits per heavy atom. The number of nitrogens with two attached hydrogens (primary N) is 1. The van der Waals surface area contributed by atoms with Gasteiger partial charge in [-0.15, -0.1) is 0 Å². The van der Waals surface area contributed by atoms with Gasteiger partial charge in [-0.3, -0.25) is 39.9 Å². The van der Waals surface area contributed by atoms with E-state index in [4.69, 9.17) is 5.73 Å². The fourth-order valence-corrected chi connectivity index (χ4v) is 2.13. The molecule has 0 saturated heterocycles. The summed E-state index contributed by atoms with van der Waals surface area (Å²) in [6.45, 7) is 0. The van der Waals surface area contributed by atoms with Gasteiger partial charge in [-0.1, -0.05) is 6.07 Å². The van der Waals surface area contributed by atoms with E-state index in [1.165, 1.54) is 12.1 Å². The van der Waals surface area contributed by atoms with Crippen LogP contribution in [-0.2, 0) is 0 Å². The highest BCUT2D eigenvalue weighted by Gasteiger charge is 2.28. The smallest absolute Gasteiger partial charge is 0.300 e. The predicted octanol–water partition coefficient (Wildman–Crippen LogP) is 1.76. The number of nitrogens with one attached hydrogen (secondary N) is 1. The average molecular weight is 375 g/mol. The first-order chi connectivity index (χ1) is 12.6. The van der Waals surface area contributed by atoms with Crippen molar-refractivity contribution < 1.29 is 24.4 Å². The van der Waals surface area contributed by atoms with E-state index in [1.54, 1.807) is 0 Å². The van der Waals surface area contributed by atoms with E-state index in [9.17, 15) is 39.9 Å². The number of benzene rings is 2. The lowest BCUT2D eigenvalue weighted by molar-refractivity contribution is -0.393. The van der Waals surface area contributed by atoms with E-state index in [-0.39, 0.29) is 5.56 Å². The van der Waals surface area contributed by atoms with E-state index in [0.29, 0.717) is 12.1 Å². The summed E-state index contributed by atoms with van der Waals surface area (Å²) in [4.78, 5) is 54.0. The maximum Gasteiger partial charge on any atom is 0.300 e. The maximum atomic E-state index is 12.3. The van der Waals surface area contributed by atoms with Gasteiger partial charge in [-0.25, -0.2) is 0 Å². The summed E-state index contributed by atoms with van der Waals surface area (Å²) in [6, 6.07) is 5.68. The van der Waals surface area contributed by atoms with E-state index < -0.39 is 54.9 Å². The Labute approximate surface area is 148 Å². The van der Waals surface area contributed by atoms with Crippen molar-refractivity contribution in [3.05, 3.63) is 77.9 Å². The van der Waals surface area contributed by atoms with Crippen LogP contribution in [0.2, 0.25) is 0 Å². The van der Waals surface area contributed by atoms with Gasteiger partial charge >= 0.3 is 0 Å². The Balaban J connectivity index is 2.57. The lowest BCUT2D eigenvalue weighted by Gasteiger charge is -2.10. The summed E-state index contributed by atoms with van der Waals surface area (Å²) in [6.07, 6.45) is 0. The van der Waals surface area contributed by atoms with Gasteiger partial charge in [-0.05, 0) is 6.07 Å². The molecular weight excluding hydrogens is 366 g/mol. The van der Waals surface area contributed by atoms with Crippen LogP contribution in [0.5, 0.6) is 0 Å². The van der Waals surface area contributed by atoms with Crippen molar-refractivity contribution in [2.45, 2.75) is 0 Å². The Kier molecular flexibility index (Phi) is 5.06. The molecule has 0 unspecified atom stereocenters. The summed E-state index contributed by atoms with van der Waals surface area (Å²) in [7, 11) is 0. The number of nitro groups is 3. The van der Waals surface area contributed by atoms with Crippen molar-refractivity contribution >= 4 is 34.6 Å². The van der Waals surface area contributed by atoms with Crippen LogP contribution >= 0.6 is 0 Å². The molecule has 0 aliphatic carbocycles. The number of amides is 2. The van der Waals surface area contributed by atoms with E-state index >= 15 is 0 Å². The molecule has 0 aliphatic heterocycles. The number of primary amides is 1. The van der Waals surface area contributed by atoms with Crippen LogP contribution in [0.3, 0.4) is 0 Å². The van der Waals surface area contributed by atoms with Gasteiger partial charge < -0.3 is 11.1 Å². The molecule has 2 aromatic carbocycles. The molecule has 3 N–H and O–H groups in total. The molecule has 0 saturated carbocycles. The SMILES string of the molecule is NC(=O)c1cc([N+](=O)[O-])cc([N+](=O)[O-])c1NC(=O)c1cccc([N+](=O)[O-])c1. The standard InChI is InChI=1S/C14H9N5O8/c15-13(20)10-5-9(18(24)25)6-11(19(26)27)12(10)16-14(21)7-2-1-3-8(4-7)17(22)23/h1-6H,(H2,15,20)(H,16,21). The first-order valence-electron chi connectivity index (χ1n) is 6.94. The van der Waals surface area contributed by atoms with Crippen molar-refractivity contribution in [1.82, 2.24) is 0 Å². The molecule has 0 aromatic heterocycles.